The normalized spacial score (nSPS) is 11.4. The van der Waals surface area contributed by atoms with Gasteiger partial charge in [0.2, 0.25) is 0 Å². The number of nitrogens with zero attached hydrogens (tertiary/aromatic N) is 2. The Labute approximate surface area is 110 Å². The molecule has 0 radical (unpaired) electrons. The molecule has 0 unspecified atom stereocenters. The fourth-order valence-corrected chi connectivity index (χ4v) is 2.07. The number of benzene rings is 1. The van der Waals surface area contributed by atoms with Gasteiger partial charge in [-0.3, -0.25) is 4.99 Å². The Kier molecular flexibility index (Phi) is 5.43. The largest absolute Gasteiger partial charge is 0.399 e. The molecular formula is C15H23N3. The van der Waals surface area contributed by atoms with Crippen LogP contribution in [0.25, 0.3) is 6.08 Å². The van der Waals surface area contributed by atoms with Gasteiger partial charge < -0.3 is 10.6 Å². The van der Waals surface area contributed by atoms with Crippen LogP contribution in [0.4, 0.5) is 5.69 Å². The van der Waals surface area contributed by atoms with E-state index in [1.165, 1.54) is 0 Å². The van der Waals surface area contributed by atoms with Crippen LogP contribution in [0.1, 0.15) is 31.4 Å². The first-order valence-corrected chi connectivity index (χ1v) is 6.41. The van der Waals surface area contributed by atoms with E-state index < -0.39 is 0 Å². The van der Waals surface area contributed by atoms with Crippen molar-refractivity contribution in [2.45, 2.75) is 20.3 Å². The minimum absolute atomic E-state index is 0.752. The molecule has 0 aliphatic carbocycles. The molecule has 0 amide bonds. The van der Waals surface area contributed by atoms with E-state index >= 15 is 0 Å². The highest BCUT2D eigenvalue weighted by atomic mass is 15.2. The summed E-state index contributed by atoms with van der Waals surface area (Å²) in [7, 11) is 1.83. The summed E-state index contributed by atoms with van der Waals surface area (Å²) in [5, 5.41) is 0. The highest BCUT2D eigenvalue weighted by Crippen LogP contribution is 2.18. The molecule has 18 heavy (non-hydrogen) atoms. The SMILES string of the molecule is C=Cc1cc(N)ccc1C(=NC)N(CC)CCC. The van der Waals surface area contributed by atoms with Crippen LogP contribution < -0.4 is 5.73 Å². The molecule has 0 spiro atoms. The summed E-state index contributed by atoms with van der Waals surface area (Å²) in [4.78, 5) is 6.72. The van der Waals surface area contributed by atoms with Gasteiger partial charge in [-0.15, -0.1) is 0 Å². The van der Waals surface area contributed by atoms with Gasteiger partial charge in [0.05, 0.1) is 0 Å². The zero-order valence-electron chi connectivity index (χ0n) is 11.6. The maximum absolute atomic E-state index is 5.81. The van der Waals surface area contributed by atoms with E-state index in [4.69, 9.17) is 5.73 Å². The molecule has 1 aromatic carbocycles. The summed E-state index contributed by atoms with van der Waals surface area (Å²) in [5.41, 5.74) is 8.69. The molecule has 0 saturated heterocycles. The van der Waals surface area contributed by atoms with Crippen molar-refractivity contribution in [3.63, 3.8) is 0 Å². The molecule has 0 aliphatic heterocycles. The van der Waals surface area contributed by atoms with Crippen LogP contribution >= 0.6 is 0 Å². The molecule has 98 valence electrons. The molecule has 0 fully saturated rings. The van der Waals surface area contributed by atoms with Crippen LogP contribution in [0.2, 0.25) is 0 Å². The summed E-state index contributed by atoms with van der Waals surface area (Å²) < 4.78 is 0. The zero-order chi connectivity index (χ0) is 13.5. The van der Waals surface area contributed by atoms with Crippen LogP contribution in [-0.4, -0.2) is 30.9 Å². The van der Waals surface area contributed by atoms with Gasteiger partial charge in [-0.05, 0) is 37.1 Å². The van der Waals surface area contributed by atoms with E-state index in [0.717, 1.165) is 42.2 Å². The minimum atomic E-state index is 0.752. The second-order valence-corrected chi connectivity index (χ2v) is 4.18. The topological polar surface area (TPSA) is 41.6 Å². The fourth-order valence-electron chi connectivity index (χ4n) is 2.07. The molecule has 2 N–H and O–H groups in total. The molecule has 3 nitrogen and oxygen atoms in total. The first-order chi connectivity index (χ1) is 8.67. The van der Waals surface area contributed by atoms with Gasteiger partial charge in [-0.25, -0.2) is 0 Å². The van der Waals surface area contributed by atoms with Crippen LogP contribution in [0.3, 0.4) is 0 Å². The van der Waals surface area contributed by atoms with E-state index in [1.807, 2.05) is 31.3 Å². The third-order valence-electron chi connectivity index (χ3n) is 2.92. The molecule has 0 heterocycles. The molecule has 1 rings (SSSR count). The van der Waals surface area contributed by atoms with Crippen LogP contribution in [0, 0.1) is 0 Å². The van der Waals surface area contributed by atoms with Gasteiger partial charge >= 0.3 is 0 Å². The third-order valence-corrected chi connectivity index (χ3v) is 2.92. The Morgan fingerprint density at radius 2 is 2.17 bits per heavy atom. The molecule has 0 saturated carbocycles. The quantitative estimate of drug-likeness (QED) is 0.492. The molecule has 0 aromatic heterocycles. The minimum Gasteiger partial charge on any atom is -0.399 e. The van der Waals surface area contributed by atoms with Gasteiger partial charge in [0, 0.05) is 31.4 Å². The van der Waals surface area contributed by atoms with Crippen LogP contribution in [0.5, 0.6) is 0 Å². The Hall–Kier alpha value is -1.77. The number of nitrogens with two attached hydrogens (primary N) is 1. The zero-order valence-corrected chi connectivity index (χ0v) is 11.6. The lowest BCUT2D eigenvalue weighted by atomic mass is 10.0. The summed E-state index contributed by atoms with van der Waals surface area (Å²) in [6.45, 7) is 10.1. The molecule has 3 heteroatoms. The van der Waals surface area contributed by atoms with Crippen molar-refractivity contribution in [1.29, 1.82) is 0 Å². The number of aliphatic imine (C=N–C) groups is 1. The number of hydrogen-bond donors (Lipinski definition) is 1. The summed E-state index contributed by atoms with van der Waals surface area (Å²) in [6.07, 6.45) is 2.93. The Morgan fingerprint density at radius 1 is 1.44 bits per heavy atom. The number of anilines is 1. The smallest absolute Gasteiger partial charge is 0.131 e. The van der Waals surface area contributed by atoms with Crippen molar-refractivity contribution >= 4 is 17.6 Å². The number of nitrogen functional groups attached to an aromatic ring is 1. The van der Waals surface area contributed by atoms with E-state index in [2.05, 4.69) is 30.3 Å². The van der Waals surface area contributed by atoms with Crippen molar-refractivity contribution in [2.75, 3.05) is 25.9 Å². The van der Waals surface area contributed by atoms with E-state index in [-0.39, 0.29) is 0 Å². The van der Waals surface area contributed by atoms with Crippen molar-refractivity contribution < 1.29 is 0 Å². The van der Waals surface area contributed by atoms with Gasteiger partial charge in [-0.2, -0.15) is 0 Å². The molecule has 0 atom stereocenters. The predicted molar refractivity (Wildman–Crippen MR) is 80.9 cm³/mol. The van der Waals surface area contributed by atoms with E-state index in [1.54, 1.807) is 0 Å². The maximum atomic E-state index is 5.81. The fraction of sp³-hybridized carbons (Fsp3) is 0.400. The van der Waals surface area contributed by atoms with Crippen LogP contribution in [-0.2, 0) is 0 Å². The first kappa shape index (κ1) is 14.3. The molecule has 1 aromatic rings. The number of hydrogen-bond acceptors (Lipinski definition) is 2. The van der Waals surface area contributed by atoms with Gasteiger partial charge in [-0.1, -0.05) is 19.6 Å². The average molecular weight is 245 g/mol. The lowest BCUT2D eigenvalue weighted by Gasteiger charge is -2.25. The average Bonchev–Trinajstić information content (AvgIpc) is 2.39. The lowest BCUT2D eigenvalue weighted by molar-refractivity contribution is 0.439. The van der Waals surface area contributed by atoms with Gasteiger partial charge in [0.15, 0.2) is 0 Å². The monoisotopic (exact) mass is 245 g/mol. The number of amidine groups is 1. The summed E-state index contributed by atoms with van der Waals surface area (Å²) in [5.74, 6) is 1.01. The second-order valence-electron chi connectivity index (χ2n) is 4.18. The van der Waals surface area contributed by atoms with Gasteiger partial charge in [0.25, 0.3) is 0 Å². The van der Waals surface area contributed by atoms with Gasteiger partial charge in [0.1, 0.15) is 5.84 Å². The predicted octanol–water partition coefficient (Wildman–Crippen LogP) is 3.02. The lowest BCUT2D eigenvalue weighted by Crippen LogP contribution is -2.32. The highest BCUT2D eigenvalue weighted by molar-refractivity contribution is 6.02. The third kappa shape index (κ3) is 3.13. The van der Waals surface area contributed by atoms with E-state index in [0.29, 0.717) is 0 Å². The highest BCUT2D eigenvalue weighted by Gasteiger charge is 2.13. The van der Waals surface area contributed by atoms with Crippen molar-refractivity contribution in [3.05, 3.63) is 35.9 Å². The molecule has 0 aliphatic rings. The van der Waals surface area contributed by atoms with Crippen molar-refractivity contribution in [1.82, 2.24) is 4.90 Å². The second kappa shape index (κ2) is 6.84. The standard InChI is InChI=1S/C15H23N3/c1-5-10-18(7-3)15(17-4)14-9-8-13(16)11-12(14)6-2/h6,8-9,11H,2,5,7,10,16H2,1,3-4H3. The Morgan fingerprint density at radius 3 is 2.67 bits per heavy atom. The van der Waals surface area contributed by atoms with E-state index in [9.17, 15) is 0 Å². The van der Waals surface area contributed by atoms with Crippen molar-refractivity contribution in [3.8, 4) is 0 Å². The maximum Gasteiger partial charge on any atom is 0.131 e. The molecular weight excluding hydrogens is 222 g/mol. The Bertz CT molecular complexity index is 435. The number of rotatable bonds is 5. The van der Waals surface area contributed by atoms with Crippen LogP contribution in [0.15, 0.2) is 29.8 Å². The summed E-state index contributed by atoms with van der Waals surface area (Å²) in [6, 6.07) is 5.87. The summed E-state index contributed by atoms with van der Waals surface area (Å²) >= 11 is 0. The van der Waals surface area contributed by atoms with Crippen molar-refractivity contribution in [2.24, 2.45) is 4.99 Å². The Balaban J connectivity index is 3.20. The first-order valence-electron chi connectivity index (χ1n) is 6.41. The molecule has 0 bridgehead atoms.